The first-order chi connectivity index (χ1) is 10.1. The van der Waals surface area contributed by atoms with Gasteiger partial charge in [-0.3, -0.25) is 0 Å². The van der Waals surface area contributed by atoms with Crippen LogP contribution in [0.3, 0.4) is 0 Å². The van der Waals surface area contributed by atoms with Gasteiger partial charge < -0.3 is 4.74 Å². The Hall–Kier alpha value is -0.510. The van der Waals surface area contributed by atoms with Crippen molar-refractivity contribution in [3.63, 3.8) is 0 Å². The molecule has 2 aromatic rings. The molecule has 0 N–H and O–H groups in total. The largest absolute Gasteiger partial charge is 0.492 e. The Labute approximate surface area is 147 Å². The van der Waals surface area contributed by atoms with Crippen LogP contribution in [0.5, 0.6) is 5.75 Å². The minimum absolute atomic E-state index is 0.217. The number of hydrogen-bond acceptors (Lipinski definition) is 1. The minimum atomic E-state index is 0.217. The molecule has 0 amide bonds. The lowest BCUT2D eigenvalue weighted by atomic mass is 10.0. The van der Waals surface area contributed by atoms with Crippen molar-refractivity contribution in [2.45, 2.75) is 24.6 Å². The summed E-state index contributed by atoms with van der Waals surface area (Å²) in [4.78, 5) is 0.217. The predicted molar refractivity (Wildman–Crippen MR) is 96.8 cm³/mol. The second-order valence-electron chi connectivity index (χ2n) is 4.80. The minimum Gasteiger partial charge on any atom is -0.492 e. The van der Waals surface area contributed by atoms with E-state index in [4.69, 9.17) is 16.3 Å². The summed E-state index contributed by atoms with van der Waals surface area (Å²) in [6.07, 6.45) is 1.85. The molecule has 2 aromatic carbocycles. The van der Waals surface area contributed by atoms with Crippen LogP contribution in [-0.4, -0.2) is 6.61 Å². The van der Waals surface area contributed by atoms with Crippen molar-refractivity contribution in [3.8, 4) is 5.75 Å². The van der Waals surface area contributed by atoms with E-state index >= 15 is 0 Å². The normalized spacial score (nSPS) is 12.2. The molecule has 0 saturated heterocycles. The number of hydrogen-bond donors (Lipinski definition) is 0. The third-order valence-corrected chi connectivity index (χ3v) is 4.98. The zero-order valence-electron chi connectivity index (χ0n) is 11.8. The third kappa shape index (κ3) is 4.73. The number of benzene rings is 2. The van der Waals surface area contributed by atoms with Crippen LogP contribution in [0.15, 0.2) is 46.9 Å². The van der Waals surface area contributed by atoms with E-state index in [1.807, 2.05) is 24.3 Å². The summed E-state index contributed by atoms with van der Waals surface area (Å²) in [5, 5.41) is 0.809. The summed E-state index contributed by atoms with van der Waals surface area (Å²) in [6.45, 7) is 2.83. The molecule has 112 valence electrons. The van der Waals surface area contributed by atoms with Crippen molar-refractivity contribution in [2.24, 2.45) is 0 Å². The van der Waals surface area contributed by atoms with E-state index < -0.39 is 0 Å². The molecule has 2 rings (SSSR count). The average Bonchev–Trinajstić information content (AvgIpc) is 2.48. The van der Waals surface area contributed by atoms with Crippen molar-refractivity contribution >= 4 is 43.5 Å². The smallest absolute Gasteiger partial charge is 0.133 e. The van der Waals surface area contributed by atoms with E-state index in [0.717, 1.165) is 40.3 Å². The van der Waals surface area contributed by atoms with Gasteiger partial charge in [0, 0.05) is 9.85 Å². The van der Waals surface area contributed by atoms with Gasteiger partial charge in [0.25, 0.3) is 0 Å². The summed E-state index contributed by atoms with van der Waals surface area (Å²) in [5.74, 6) is 0.887. The molecule has 4 heteroatoms. The molecule has 1 nitrogen and oxygen atoms in total. The molecule has 1 unspecified atom stereocenters. The first-order valence-electron chi connectivity index (χ1n) is 6.91. The fourth-order valence-corrected chi connectivity index (χ4v) is 3.37. The molecule has 1 atom stereocenters. The van der Waals surface area contributed by atoms with Crippen LogP contribution in [0, 0.1) is 0 Å². The Kier molecular flexibility index (Phi) is 6.59. The van der Waals surface area contributed by atoms with Crippen molar-refractivity contribution < 1.29 is 4.74 Å². The Morgan fingerprint density at radius 3 is 2.62 bits per heavy atom. The maximum Gasteiger partial charge on any atom is 0.133 e. The van der Waals surface area contributed by atoms with Gasteiger partial charge in [0.05, 0.1) is 11.1 Å². The highest BCUT2D eigenvalue weighted by molar-refractivity contribution is 9.10. The first-order valence-corrected chi connectivity index (χ1v) is 9.00. The molecule has 0 fully saturated rings. The molecule has 0 saturated carbocycles. The molecular formula is C17H17Br2ClO. The highest BCUT2D eigenvalue weighted by atomic mass is 79.9. The fraction of sp³-hybridized carbons (Fsp3) is 0.294. The lowest BCUT2D eigenvalue weighted by Gasteiger charge is -2.14. The van der Waals surface area contributed by atoms with Crippen LogP contribution < -0.4 is 4.74 Å². The maximum absolute atomic E-state index is 6.22. The first kappa shape index (κ1) is 16.9. The monoisotopic (exact) mass is 430 g/mol. The van der Waals surface area contributed by atoms with Crippen molar-refractivity contribution in [1.82, 2.24) is 0 Å². The van der Waals surface area contributed by atoms with Crippen LogP contribution in [0.2, 0.25) is 5.02 Å². The summed E-state index contributed by atoms with van der Waals surface area (Å²) in [6, 6.07) is 14.1. The molecule has 0 aliphatic heterocycles. The van der Waals surface area contributed by atoms with Gasteiger partial charge in [0.15, 0.2) is 0 Å². The highest BCUT2D eigenvalue weighted by Crippen LogP contribution is 2.34. The molecule has 0 aromatic heterocycles. The highest BCUT2D eigenvalue weighted by Gasteiger charge is 2.12. The number of halogens is 3. The second kappa shape index (κ2) is 8.21. The number of ether oxygens (including phenoxy) is 1. The Morgan fingerprint density at radius 2 is 1.95 bits per heavy atom. The van der Waals surface area contributed by atoms with Crippen LogP contribution in [0.4, 0.5) is 0 Å². The predicted octanol–water partition coefficient (Wildman–Crippen LogP) is 6.57. The second-order valence-corrected chi connectivity index (χ2v) is 7.17. The quantitative estimate of drug-likeness (QED) is 0.469. The summed E-state index contributed by atoms with van der Waals surface area (Å²) in [7, 11) is 0. The zero-order valence-corrected chi connectivity index (χ0v) is 15.7. The van der Waals surface area contributed by atoms with Gasteiger partial charge >= 0.3 is 0 Å². The van der Waals surface area contributed by atoms with Crippen molar-refractivity contribution in [2.75, 3.05) is 6.61 Å². The Bertz CT molecular complexity index is 601. The zero-order chi connectivity index (χ0) is 15.2. The molecular weight excluding hydrogens is 415 g/mol. The molecule has 0 aliphatic carbocycles. The van der Waals surface area contributed by atoms with Crippen molar-refractivity contribution in [3.05, 3.63) is 63.1 Å². The molecule has 0 aliphatic rings. The van der Waals surface area contributed by atoms with Gasteiger partial charge in [0.2, 0.25) is 0 Å². The van der Waals surface area contributed by atoms with Gasteiger partial charge in [-0.2, -0.15) is 0 Å². The molecule has 0 radical (unpaired) electrons. The number of alkyl halides is 1. The van der Waals surface area contributed by atoms with E-state index in [-0.39, 0.29) is 4.83 Å². The van der Waals surface area contributed by atoms with E-state index in [1.54, 1.807) is 0 Å². The molecule has 21 heavy (non-hydrogen) atoms. The topological polar surface area (TPSA) is 9.23 Å². The lowest BCUT2D eigenvalue weighted by Crippen LogP contribution is -1.99. The van der Waals surface area contributed by atoms with Crippen molar-refractivity contribution in [1.29, 1.82) is 0 Å². The molecule has 0 spiro atoms. The Balaban J connectivity index is 2.11. The number of rotatable bonds is 6. The van der Waals surface area contributed by atoms with E-state index in [2.05, 4.69) is 57.0 Å². The van der Waals surface area contributed by atoms with Crippen LogP contribution in [0.25, 0.3) is 0 Å². The third-order valence-electron chi connectivity index (χ3n) is 3.14. The fourth-order valence-electron chi connectivity index (χ4n) is 2.02. The van der Waals surface area contributed by atoms with Crippen LogP contribution >= 0.6 is 43.5 Å². The molecule has 0 bridgehead atoms. The van der Waals surface area contributed by atoms with Crippen LogP contribution in [-0.2, 0) is 6.42 Å². The van der Waals surface area contributed by atoms with Gasteiger partial charge in [-0.25, -0.2) is 0 Å². The SMILES string of the molecule is CCCOc1ccc(C(Br)Cc2ccccc2Cl)cc1Br. The van der Waals surface area contributed by atoms with E-state index in [0.29, 0.717) is 0 Å². The summed E-state index contributed by atoms with van der Waals surface area (Å²) >= 11 is 13.5. The lowest BCUT2D eigenvalue weighted by molar-refractivity contribution is 0.315. The Morgan fingerprint density at radius 1 is 1.19 bits per heavy atom. The van der Waals surface area contributed by atoms with Gasteiger partial charge in [-0.15, -0.1) is 0 Å². The van der Waals surface area contributed by atoms with Gasteiger partial charge in [0.1, 0.15) is 5.75 Å². The summed E-state index contributed by atoms with van der Waals surface area (Å²) < 4.78 is 6.66. The van der Waals surface area contributed by atoms with Gasteiger partial charge in [-0.05, 0) is 58.1 Å². The van der Waals surface area contributed by atoms with Gasteiger partial charge in [-0.1, -0.05) is 58.7 Å². The maximum atomic E-state index is 6.22. The van der Waals surface area contributed by atoms with E-state index in [1.165, 1.54) is 5.56 Å². The molecule has 0 heterocycles. The standard InChI is InChI=1S/C17H17Br2ClO/c1-2-9-21-17-8-7-12(10-15(17)19)14(18)11-13-5-3-4-6-16(13)20/h3-8,10,14H,2,9,11H2,1H3. The average molecular weight is 433 g/mol. The van der Waals surface area contributed by atoms with E-state index in [9.17, 15) is 0 Å². The van der Waals surface area contributed by atoms with Crippen LogP contribution in [0.1, 0.15) is 29.3 Å². The summed E-state index contributed by atoms with van der Waals surface area (Å²) in [5.41, 5.74) is 2.34.